The Kier molecular flexibility index (Phi) is 6.93. The molecule has 0 saturated heterocycles. The Morgan fingerprint density at radius 2 is 2.04 bits per heavy atom. The number of benzene rings is 1. The van der Waals surface area contributed by atoms with E-state index in [9.17, 15) is 4.79 Å². The van der Waals surface area contributed by atoms with E-state index in [1.54, 1.807) is 36.5 Å². The van der Waals surface area contributed by atoms with Crippen LogP contribution in [0.15, 0.2) is 42.7 Å². The van der Waals surface area contributed by atoms with Crippen molar-refractivity contribution in [3.05, 3.63) is 53.9 Å². The summed E-state index contributed by atoms with van der Waals surface area (Å²) in [6, 6.07) is 9.10. The molecule has 0 spiro atoms. The van der Waals surface area contributed by atoms with Gasteiger partial charge in [0.05, 0.1) is 30.1 Å². The van der Waals surface area contributed by atoms with Gasteiger partial charge in [0.15, 0.2) is 0 Å². The molecule has 130 valence electrons. The largest absolute Gasteiger partial charge is 0.320 e. The number of nitriles is 1. The average Bonchev–Trinajstić information content (AvgIpc) is 3.08. The third kappa shape index (κ3) is 5.90. The van der Waals surface area contributed by atoms with E-state index in [0.29, 0.717) is 11.3 Å². The number of rotatable bonds is 8. The van der Waals surface area contributed by atoms with Crippen LogP contribution in [-0.4, -0.2) is 40.2 Å². The summed E-state index contributed by atoms with van der Waals surface area (Å²) in [5.41, 5.74) is 2.14. The van der Waals surface area contributed by atoms with Gasteiger partial charge in [0.25, 0.3) is 0 Å². The van der Waals surface area contributed by atoms with Crippen molar-refractivity contribution in [3.63, 3.8) is 0 Å². The van der Waals surface area contributed by atoms with Gasteiger partial charge in [0.2, 0.25) is 5.91 Å². The van der Waals surface area contributed by atoms with E-state index in [1.807, 2.05) is 10.9 Å². The maximum absolute atomic E-state index is 12.0. The topological polar surface area (TPSA) is 73.9 Å². The number of carbonyl (C=O) groups excluding carboxylic acids is 1. The molecule has 0 saturated carbocycles. The molecule has 0 unspecified atom stereocenters. The molecule has 0 aliphatic carbocycles. The summed E-state index contributed by atoms with van der Waals surface area (Å²) in [6.07, 6.45) is 6.66. The van der Waals surface area contributed by atoms with Crippen LogP contribution in [0.2, 0.25) is 0 Å². The molecule has 0 aliphatic heterocycles. The number of likely N-dealkylation sites (N-methyl/N-ethyl adjacent to an activating group) is 1. The molecule has 0 atom stereocenters. The summed E-state index contributed by atoms with van der Waals surface area (Å²) in [6.45, 7) is 8.03. The molecule has 1 aromatic heterocycles. The Morgan fingerprint density at radius 1 is 1.32 bits per heavy atom. The summed E-state index contributed by atoms with van der Waals surface area (Å²) in [4.78, 5) is 14.3. The van der Waals surface area contributed by atoms with E-state index in [0.717, 1.165) is 31.7 Å². The maximum atomic E-state index is 12.0. The fourth-order valence-corrected chi connectivity index (χ4v) is 2.36. The van der Waals surface area contributed by atoms with Gasteiger partial charge in [0.1, 0.15) is 0 Å². The number of aromatic nitrogens is 2. The van der Waals surface area contributed by atoms with Gasteiger partial charge < -0.3 is 10.2 Å². The predicted octanol–water partition coefficient (Wildman–Crippen LogP) is 2.75. The quantitative estimate of drug-likeness (QED) is 0.752. The van der Waals surface area contributed by atoms with Crippen molar-refractivity contribution in [2.75, 3.05) is 25.0 Å². The standard InChI is InChI=1S/C19H23N5O/c1-3-23(4-2)11-12-24-15-18(14-21-24)22-19(25)10-9-16-5-7-17(13-20)8-6-16/h5-10,14-15H,3-4,11-12H2,1-2H3,(H,22,25)/b10-9+. The van der Waals surface area contributed by atoms with E-state index < -0.39 is 0 Å². The molecule has 2 rings (SSSR count). The lowest BCUT2D eigenvalue weighted by Gasteiger charge is -2.17. The Morgan fingerprint density at radius 3 is 2.68 bits per heavy atom. The number of hydrogen-bond donors (Lipinski definition) is 1. The van der Waals surface area contributed by atoms with Crippen molar-refractivity contribution in [2.24, 2.45) is 0 Å². The van der Waals surface area contributed by atoms with Crippen molar-refractivity contribution < 1.29 is 4.79 Å². The second kappa shape index (κ2) is 9.40. The Labute approximate surface area is 148 Å². The van der Waals surface area contributed by atoms with Crippen molar-refractivity contribution in [1.82, 2.24) is 14.7 Å². The van der Waals surface area contributed by atoms with Crippen molar-refractivity contribution >= 4 is 17.7 Å². The molecule has 1 aromatic carbocycles. The zero-order valence-electron chi connectivity index (χ0n) is 14.6. The van der Waals surface area contributed by atoms with E-state index in [-0.39, 0.29) is 5.91 Å². The molecule has 6 heteroatoms. The number of nitrogens with zero attached hydrogens (tertiary/aromatic N) is 4. The fraction of sp³-hybridized carbons (Fsp3) is 0.316. The van der Waals surface area contributed by atoms with Gasteiger partial charge >= 0.3 is 0 Å². The van der Waals surface area contributed by atoms with Gasteiger partial charge in [-0.3, -0.25) is 9.48 Å². The zero-order valence-corrected chi connectivity index (χ0v) is 14.6. The summed E-state index contributed by atoms with van der Waals surface area (Å²) in [5.74, 6) is -0.215. The first-order chi connectivity index (χ1) is 12.1. The Hall–Kier alpha value is -2.91. The third-order valence-corrected chi connectivity index (χ3v) is 3.91. The van der Waals surface area contributed by atoms with Crippen LogP contribution in [0, 0.1) is 11.3 Å². The lowest BCUT2D eigenvalue weighted by molar-refractivity contribution is -0.111. The van der Waals surface area contributed by atoms with Crippen LogP contribution in [0.25, 0.3) is 6.08 Å². The van der Waals surface area contributed by atoms with Gasteiger partial charge in [-0.25, -0.2) is 0 Å². The third-order valence-electron chi connectivity index (χ3n) is 3.91. The molecule has 25 heavy (non-hydrogen) atoms. The highest BCUT2D eigenvalue weighted by Crippen LogP contribution is 2.07. The molecular formula is C19H23N5O. The minimum absolute atomic E-state index is 0.215. The Balaban J connectivity index is 1.86. The summed E-state index contributed by atoms with van der Waals surface area (Å²) in [5, 5.41) is 15.8. The van der Waals surface area contributed by atoms with Crippen LogP contribution in [0.5, 0.6) is 0 Å². The van der Waals surface area contributed by atoms with Gasteiger partial charge in [-0.15, -0.1) is 0 Å². The first-order valence-electron chi connectivity index (χ1n) is 8.38. The summed E-state index contributed by atoms with van der Waals surface area (Å²) in [7, 11) is 0. The molecule has 1 N–H and O–H groups in total. The summed E-state index contributed by atoms with van der Waals surface area (Å²) >= 11 is 0. The van der Waals surface area contributed by atoms with Crippen molar-refractivity contribution in [3.8, 4) is 6.07 Å². The molecule has 1 amide bonds. The van der Waals surface area contributed by atoms with Crippen LogP contribution in [0.4, 0.5) is 5.69 Å². The van der Waals surface area contributed by atoms with Crippen LogP contribution < -0.4 is 5.32 Å². The molecule has 0 fully saturated rings. The number of hydrogen-bond acceptors (Lipinski definition) is 4. The van der Waals surface area contributed by atoms with Gasteiger partial charge in [0, 0.05) is 18.8 Å². The van der Waals surface area contributed by atoms with Crippen LogP contribution in [0.3, 0.4) is 0 Å². The minimum atomic E-state index is -0.215. The molecule has 2 aromatic rings. The average molecular weight is 337 g/mol. The second-order valence-electron chi connectivity index (χ2n) is 5.58. The van der Waals surface area contributed by atoms with Crippen molar-refractivity contribution in [1.29, 1.82) is 5.26 Å². The molecule has 0 radical (unpaired) electrons. The molecular weight excluding hydrogens is 314 g/mol. The molecule has 6 nitrogen and oxygen atoms in total. The highest BCUT2D eigenvalue weighted by atomic mass is 16.1. The molecule has 0 aliphatic rings. The maximum Gasteiger partial charge on any atom is 0.248 e. The SMILES string of the molecule is CCN(CC)CCn1cc(NC(=O)/C=C/c2ccc(C#N)cc2)cn1. The number of amides is 1. The smallest absolute Gasteiger partial charge is 0.248 e. The molecule has 0 bridgehead atoms. The predicted molar refractivity (Wildman–Crippen MR) is 98.8 cm³/mol. The van der Waals surface area contributed by atoms with Gasteiger partial charge in [-0.2, -0.15) is 10.4 Å². The fourth-order valence-electron chi connectivity index (χ4n) is 2.36. The van der Waals surface area contributed by atoms with Crippen LogP contribution >= 0.6 is 0 Å². The van der Waals surface area contributed by atoms with E-state index in [1.165, 1.54) is 6.08 Å². The van der Waals surface area contributed by atoms with Gasteiger partial charge in [-0.1, -0.05) is 26.0 Å². The molecule has 1 heterocycles. The highest BCUT2D eigenvalue weighted by molar-refractivity contribution is 6.01. The van der Waals surface area contributed by atoms with E-state index in [4.69, 9.17) is 5.26 Å². The van der Waals surface area contributed by atoms with E-state index >= 15 is 0 Å². The van der Waals surface area contributed by atoms with Crippen LogP contribution in [0.1, 0.15) is 25.0 Å². The second-order valence-corrected chi connectivity index (χ2v) is 5.58. The normalized spacial score (nSPS) is 11.0. The minimum Gasteiger partial charge on any atom is -0.320 e. The first kappa shape index (κ1) is 18.4. The summed E-state index contributed by atoms with van der Waals surface area (Å²) < 4.78 is 1.83. The monoisotopic (exact) mass is 337 g/mol. The van der Waals surface area contributed by atoms with E-state index in [2.05, 4.69) is 35.2 Å². The Bertz CT molecular complexity index is 751. The van der Waals surface area contributed by atoms with Crippen molar-refractivity contribution in [2.45, 2.75) is 20.4 Å². The number of nitrogens with one attached hydrogen (secondary N) is 1. The van der Waals surface area contributed by atoms with Gasteiger partial charge in [-0.05, 0) is 36.9 Å². The number of carbonyl (C=O) groups is 1. The highest BCUT2D eigenvalue weighted by Gasteiger charge is 2.04. The lowest BCUT2D eigenvalue weighted by Crippen LogP contribution is -2.27. The zero-order chi connectivity index (χ0) is 18.1. The number of anilines is 1. The first-order valence-corrected chi connectivity index (χ1v) is 8.38. The van der Waals surface area contributed by atoms with Crippen LogP contribution in [-0.2, 0) is 11.3 Å². The lowest BCUT2D eigenvalue weighted by atomic mass is 10.1.